The molecule has 1 aromatic heterocycles. The van der Waals surface area contributed by atoms with Gasteiger partial charge >= 0.3 is 0 Å². The van der Waals surface area contributed by atoms with E-state index in [1.807, 2.05) is 12.1 Å². The number of anilines is 1. The van der Waals surface area contributed by atoms with Gasteiger partial charge < -0.3 is 20.3 Å². The molecule has 2 N–H and O–H groups in total. The van der Waals surface area contributed by atoms with Crippen LogP contribution in [0.3, 0.4) is 0 Å². The van der Waals surface area contributed by atoms with Gasteiger partial charge in [0.1, 0.15) is 17.9 Å². The zero-order valence-corrected chi connectivity index (χ0v) is 33.7. The molecule has 15 nitrogen and oxygen atoms in total. The summed E-state index contributed by atoms with van der Waals surface area (Å²) in [7, 11) is 0. The zero-order valence-electron chi connectivity index (χ0n) is 32.9. The Kier molecular flexibility index (Phi) is 10.4. The highest BCUT2D eigenvalue weighted by Gasteiger charge is 2.50. The summed E-state index contributed by atoms with van der Waals surface area (Å²) in [5.41, 5.74) is 7.67. The van der Waals surface area contributed by atoms with Crippen molar-refractivity contribution in [1.82, 2.24) is 29.7 Å². The number of carbonyl (C=O) groups is 5. The van der Waals surface area contributed by atoms with E-state index in [1.165, 1.54) is 11.1 Å². The Bertz CT molecular complexity index is 2220. The number of ether oxygens (including phenoxy) is 1. The highest BCUT2D eigenvalue weighted by molar-refractivity contribution is 6.31. The minimum atomic E-state index is -1.03. The number of nitrogens with two attached hydrogens (primary N) is 1. The number of halogens is 1. The molecule has 6 aliphatic rings. The van der Waals surface area contributed by atoms with Crippen molar-refractivity contribution in [3.8, 4) is 11.8 Å². The number of imide groups is 2. The number of amides is 5. The summed E-state index contributed by atoms with van der Waals surface area (Å²) in [6.45, 7) is 4.99. The van der Waals surface area contributed by atoms with Gasteiger partial charge in [-0.15, -0.1) is 5.10 Å². The van der Waals surface area contributed by atoms with Crippen molar-refractivity contribution in [3.05, 3.63) is 70.0 Å². The van der Waals surface area contributed by atoms with Crippen LogP contribution >= 0.6 is 11.6 Å². The van der Waals surface area contributed by atoms with Crippen LogP contribution in [0.1, 0.15) is 120 Å². The van der Waals surface area contributed by atoms with Gasteiger partial charge in [0.15, 0.2) is 5.69 Å². The maximum atomic E-state index is 14.0. The first-order valence-corrected chi connectivity index (χ1v) is 21.3. The van der Waals surface area contributed by atoms with Gasteiger partial charge in [-0.2, -0.15) is 15.2 Å². The van der Waals surface area contributed by atoms with Gasteiger partial charge in [0, 0.05) is 49.3 Å². The Balaban J connectivity index is 0.761. The molecule has 0 bridgehead atoms. The third-order valence-electron chi connectivity index (χ3n) is 13.8. The number of benzene rings is 2. The molecule has 59 heavy (non-hydrogen) atoms. The van der Waals surface area contributed by atoms with Crippen molar-refractivity contribution in [1.29, 1.82) is 5.26 Å². The minimum absolute atomic E-state index is 0.0772. The lowest BCUT2D eigenvalue weighted by Crippen LogP contribution is -2.60. The third kappa shape index (κ3) is 7.46. The van der Waals surface area contributed by atoms with Crippen molar-refractivity contribution in [3.63, 3.8) is 0 Å². The third-order valence-corrected chi connectivity index (χ3v) is 14.1. The van der Waals surface area contributed by atoms with Gasteiger partial charge in [-0.1, -0.05) is 11.6 Å². The molecule has 5 heterocycles. The van der Waals surface area contributed by atoms with E-state index in [2.05, 4.69) is 20.0 Å². The Morgan fingerprint density at radius 1 is 0.881 bits per heavy atom. The number of rotatable bonds is 9. The largest absolute Gasteiger partial charge is 0.490 e. The number of carbonyl (C=O) groups excluding carboxylic acids is 5. The quantitative estimate of drug-likeness (QED) is 0.294. The zero-order chi connectivity index (χ0) is 41.0. The van der Waals surface area contributed by atoms with E-state index in [0.29, 0.717) is 59.1 Å². The monoisotopic (exact) mass is 821 g/mol. The summed E-state index contributed by atoms with van der Waals surface area (Å²) in [6, 6.07) is 11.2. The number of primary amides is 1. The van der Waals surface area contributed by atoms with E-state index in [-0.39, 0.29) is 48.0 Å². The summed E-state index contributed by atoms with van der Waals surface area (Å²) >= 11 is 6.18. The number of hydrogen-bond donors (Lipinski definition) is 1. The second kappa shape index (κ2) is 15.7. The smallest absolute Gasteiger partial charge is 0.270 e. The van der Waals surface area contributed by atoms with Crippen LogP contribution in [0.2, 0.25) is 5.02 Å². The van der Waals surface area contributed by atoms with Crippen molar-refractivity contribution in [2.45, 2.75) is 101 Å². The number of piperidine rings is 2. The molecule has 3 saturated heterocycles. The summed E-state index contributed by atoms with van der Waals surface area (Å²) in [5, 5.41) is 18.0. The number of nitriles is 1. The second-order valence-electron chi connectivity index (χ2n) is 17.4. The molecule has 16 heteroatoms. The molecule has 1 unspecified atom stereocenters. The number of nitrogens with zero attached hydrogens (tertiary/aromatic N) is 8. The molecular formula is C43H48ClN9O6. The van der Waals surface area contributed by atoms with Crippen LogP contribution in [0.5, 0.6) is 5.75 Å². The van der Waals surface area contributed by atoms with Gasteiger partial charge in [-0.25, -0.2) is 0 Å². The molecule has 4 aliphatic heterocycles. The van der Waals surface area contributed by atoms with Crippen LogP contribution in [0, 0.1) is 22.7 Å². The fourth-order valence-corrected chi connectivity index (χ4v) is 10.6. The molecule has 2 aliphatic carbocycles. The molecule has 9 rings (SSSR count). The number of likely N-dealkylation sites (tertiary alicyclic amines) is 2. The molecule has 3 aromatic rings. The molecule has 1 spiro atoms. The maximum Gasteiger partial charge on any atom is 0.270 e. The Hall–Kier alpha value is -5.33. The predicted octanol–water partition coefficient (Wildman–Crippen LogP) is 4.74. The van der Waals surface area contributed by atoms with Gasteiger partial charge in [0.2, 0.25) is 5.91 Å². The first-order chi connectivity index (χ1) is 28.5. The highest BCUT2D eigenvalue weighted by atomic mass is 35.5. The maximum absolute atomic E-state index is 14.0. The lowest BCUT2D eigenvalue weighted by atomic mass is 9.71. The average molecular weight is 822 g/mol. The average Bonchev–Trinajstić information content (AvgIpc) is 3.82. The highest BCUT2D eigenvalue weighted by Crippen LogP contribution is 2.44. The number of hydrogen-bond acceptors (Lipinski definition) is 11. The van der Waals surface area contributed by atoms with E-state index < -0.39 is 29.7 Å². The number of aromatic nitrogens is 3. The molecule has 5 fully saturated rings. The topological polar surface area (TPSA) is 188 Å². The summed E-state index contributed by atoms with van der Waals surface area (Å²) in [6.07, 6.45) is 10.2. The van der Waals surface area contributed by atoms with E-state index in [1.54, 1.807) is 35.1 Å². The second-order valence-corrected chi connectivity index (χ2v) is 17.8. The van der Waals surface area contributed by atoms with E-state index in [4.69, 9.17) is 27.3 Å². The van der Waals surface area contributed by atoms with E-state index in [0.717, 1.165) is 81.8 Å². The first-order valence-electron chi connectivity index (χ1n) is 20.9. The first kappa shape index (κ1) is 39.1. The molecule has 2 saturated carbocycles. The van der Waals surface area contributed by atoms with Crippen LogP contribution in [0.15, 0.2) is 42.6 Å². The van der Waals surface area contributed by atoms with Crippen molar-refractivity contribution >= 4 is 46.8 Å². The normalized spacial score (nSPS) is 27.1. The van der Waals surface area contributed by atoms with Crippen LogP contribution in [0.4, 0.5) is 5.69 Å². The lowest BCUT2D eigenvalue weighted by Gasteiger charge is -2.55. The Morgan fingerprint density at radius 3 is 2.27 bits per heavy atom. The Labute approximate surface area is 347 Å². The van der Waals surface area contributed by atoms with E-state index in [9.17, 15) is 24.0 Å². The van der Waals surface area contributed by atoms with Crippen LogP contribution in [-0.4, -0.2) is 110 Å². The lowest BCUT2D eigenvalue weighted by molar-refractivity contribution is -0.155. The predicted molar refractivity (Wildman–Crippen MR) is 215 cm³/mol. The van der Waals surface area contributed by atoms with Gasteiger partial charge in [-0.3, -0.25) is 33.8 Å². The fourth-order valence-electron chi connectivity index (χ4n) is 10.4. The molecule has 1 atom stereocenters. The molecular weight excluding hydrogens is 774 g/mol. The minimum Gasteiger partial charge on any atom is -0.490 e. The van der Waals surface area contributed by atoms with Crippen molar-refractivity contribution in [2.24, 2.45) is 17.1 Å². The van der Waals surface area contributed by atoms with Gasteiger partial charge in [0.25, 0.3) is 23.6 Å². The summed E-state index contributed by atoms with van der Waals surface area (Å²) in [5.74, 6) is -1.10. The molecule has 5 amide bonds. The van der Waals surface area contributed by atoms with Crippen LogP contribution in [0.25, 0.3) is 0 Å². The molecule has 308 valence electrons. The van der Waals surface area contributed by atoms with Crippen molar-refractivity contribution < 1.29 is 28.7 Å². The standard InChI is InChI=1S/C43H48ClN9O6/c44-35-20-32(9-3-27(35)21-45)59-31-10-6-28(7-11-31)51-38(54)14-13-37(42(51)58)52-40(56)33-12-8-30(19-34(33)41(52)57)50-24-43(25-50)15-17-49(18-16-43)23-26-1-4-29(5-2-26)53-47-22-36(48-53)39(46)55/h3,8-9,12,19-20,22,26,28-29,31,37H,1-2,4-7,10-11,13-18,23-25H2,(H2,46,55). The van der Waals surface area contributed by atoms with Gasteiger partial charge in [0.05, 0.1) is 40.1 Å². The summed E-state index contributed by atoms with van der Waals surface area (Å²) in [4.78, 5) is 75.3. The summed E-state index contributed by atoms with van der Waals surface area (Å²) < 4.78 is 6.11. The van der Waals surface area contributed by atoms with E-state index >= 15 is 0 Å². The SMILES string of the molecule is N#Cc1ccc(OC2CCC(N3C(=O)CCC(N4C(=O)c5ccc(N6CC7(CCN(CC8CCC(n9ncc(C(N)=O)n9)CC8)CC7)C6)cc5C4=O)C3=O)CC2)cc1Cl. The Morgan fingerprint density at radius 2 is 1.59 bits per heavy atom. The van der Waals surface area contributed by atoms with Crippen LogP contribution < -0.4 is 15.4 Å². The van der Waals surface area contributed by atoms with Crippen LogP contribution in [-0.2, 0) is 9.59 Å². The van der Waals surface area contributed by atoms with Gasteiger partial charge in [-0.05, 0) is 120 Å². The molecule has 0 radical (unpaired) electrons. The molecule has 2 aromatic carbocycles. The number of fused-ring (bicyclic) bond motifs is 1. The fraction of sp³-hybridized carbons (Fsp3) is 0.535. The van der Waals surface area contributed by atoms with Crippen molar-refractivity contribution in [2.75, 3.05) is 37.6 Å².